The van der Waals surface area contributed by atoms with Gasteiger partial charge in [0.25, 0.3) is 11.8 Å². The van der Waals surface area contributed by atoms with Crippen molar-refractivity contribution in [2.75, 3.05) is 29.9 Å². The summed E-state index contributed by atoms with van der Waals surface area (Å²) in [5.74, 6) is -0.763. The highest BCUT2D eigenvalue weighted by atomic mass is 79.9. The van der Waals surface area contributed by atoms with Crippen molar-refractivity contribution in [1.82, 2.24) is 9.80 Å². The van der Waals surface area contributed by atoms with Crippen molar-refractivity contribution >= 4 is 51.1 Å². The summed E-state index contributed by atoms with van der Waals surface area (Å²) in [7, 11) is 1.95. The number of carbonyl (C=O) groups excluding carboxylic acids is 4. The molecular formula is C42H41BrN4O5. The van der Waals surface area contributed by atoms with E-state index in [1.54, 1.807) is 29.2 Å². The molecule has 9 nitrogen and oxygen atoms in total. The van der Waals surface area contributed by atoms with Crippen LogP contribution in [-0.2, 0) is 20.4 Å². The Labute approximate surface area is 312 Å². The minimum absolute atomic E-state index is 0.0440. The SMILES string of the molecule is C[C@@H](c1ccccc1)N1CC[C@]2(C1=O)c1ccc(Br)cc1N(C(=O)OC(C)(C)C)[C@@H]1N(C)c3ccccc3[C@@]12CCN1C(=O)c2ccccc2C1=O. The molecule has 1 spiro atoms. The van der Waals surface area contributed by atoms with Crippen LogP contribution in [0, 0.1) is 0 Å². The maximum absolute atomic E-state index is 15.8. The van der Waals surface area contributed by atoms with Crippen LogP contribution in [0.25, 0.3) is 0 Å². The number of hydrogen-bond donors (Lipinski definition) is 0. The van der Waals surface area contributed by atoms with Crippen LogP contribution in [0.5, 0.6) is 0 Å². The molecule has 4 atom stereocenters. The third-order valence-electron chi connectivity index (χ3n) is 11.6. The number of carbonyl (C=O) groups is 4. The van der Waals surface area contributed by atoms with Crippen molar-refractivity contribution in [2.45, 2.75) is 69.2 Å². The number of amides is 4. The highest BCUT2D eigenvalue weighted by molar-refractivity contribution is 9.10. The second-order valence-electron chi connectivity index (χ2n) is 15.3. The van der Waals surface area contributed by atoms with Crippen LogP contribution in [0.2, 0.25) is 0 Å². The molecule has 4 aliphatic heterocycles. The molecule has 0 aliphatic carbocycles. The van der Waals surface area contributed by atoms with E-state index in [2.05, 4.69) is 27.8 Å². The molecule has 266 valence electrons. The largest absolute Gasteiger partial charge is 0.443 e. The predicted molar refractivity (Wildman–Crippen MR) is 202 cm³/mol. The molecule has 4 aromatic carbocycles. The van der Waals surface area contributed by atoms with Crippen molar-refractivity contribution in [3.63, 3.8) is 0 Å². The minimum atomic E-state index is -1.19. The molecule has 1 fully saturated rings. The summed E-state index contributed by atoms with van der Waals surface area (Å²) in [5, 5.41) is 0. The van der Waals surface area contributed by atoms with Crippen molar-refractivity contribution in [2.24, 2.45) is 0 Å². The third-order valence-corrected chi connectivity index (χ3v) is 12.1. The number of benzene rings is 4. The highest BCUT2D eigenvalue weighted by Crippen LogP contribution is 2.66. The first kappa shape index (κ1) is 34.1. The van der Waals surface area contributed by atoms with Crippen LogP contribution >= 0.6 is 15.9 Å². The van der Waals surface area contributed by atoms with E-state index >= 15 is 4.79 Å². The van der Waals surface area contributed by atoms with Gasteiger partial charge in [0.1, 0.15) is 11.8 Å². The summed E-state index contributed by atoms with van der Waals surface area (Å²) in [5.41, 5.74) is 1.73. The van der Waals surface area contributed by atoms with Gasteiger partial charge in [0.2, 0.25) is 5.91 Å². The van der Waals surface area contributed by atoms with Gasteiger partial charge < -0.3 is 14.5 Å². The van der Waals surface area contributed by atoms with E-state index in [4.69, 9.17) is 4.74 Å². The van der Waals surface area contributed by atoms with E-state index in [9.17, 15) is 14.4 Å². The second kappa shape index (κ2) is 12.0. The molecule has 1 saturated heterocycles. The van der Waals surface area contributed by atoms with Gasteiger partial charge in [0.05, 0.1) is 33.7 Å². The van der Waals surface area contributed by atoms with Crippen LogP contribution in [0.1, 0.15) is 84.0 Å². The topological polar surface area (TPSA) is 90.5 Å². The van der Waals surface area contributed by atoms with Crippen LogP contribution in [0.3, 0.4) is 0 Å². The first-order valence-corrected chi connectivity index (χ1v) is 18.6. The lowest BCUT2D eigenvalue weighted by atomic mass is 9.51. The van der Waals surface area contributed by atoms with Gasteiger partial charge in [-0.3, -0.25) is 24.2 Å². The summed E-state index contributed by atoms with van der Waals surface area (Å²) in [4.78, 5) is 65.3. The average molecular weight is 762 g/mol. The van der Waals surface area contributed by atoms with Gasteiger partial charge in [-0.1, -0.05) is 82.7 Å². The summed E-state index contributed by atoms with van der Waals surface area (Å²) in [6.07, 6.45) is -0.608. The number of fused-ring (bicyclic) bond motifs is 7. The van der Waals surface area contributed by atoms with E-state index in [1.807, 2.05) is 106 Å². The lowest BCUT2D eigenvalue weighted by Gasteiger charge is -2.57. The van der Waals surface area contributed by atoms with Gasteiger partial charge in [0.15, 0.2) is 0 Å². The van der Waals surface area contributed by atoms with Crippen molar-refractivity contribution in [1.29, 1.82) is 0 Å². The highest BCUT2D eigenvalue weighted by Gasteiger charge is 2.73. The lowest BCUT2D eigenvalue weighted by Crippen LogP contribution is -2.71. The Bertz CT molecular complexity index is 2110. The Morgan fingerprint density at radius 2 is 1.50 bits per heavy atom. The number of halogens is 1. The molecule has 52 heavy (non-hydrogen) atoms. The Balaban J connectivity index is 1.38. The second-order valence-corrected chi connectivity index (χ2v) is 16.2. The van der Waals surface area contributed by atoms with Crippen molar-refractivity contribution in [3.05, 3.63) is 129 Å². The summed E-state index contributed by atoms with van der Waals surface area (Å²) < 4.78 is 6.91. The average Bonchev–Trinajstić information content (AvgIpc) is 3.69. The number of para-hydroxylation sites is 1. The molecule has 4 aliphatic rings. The molecule has 0 N–H and O–H groups in total. The standard InChI is InChI=1S/C42H41BrN4O5/c1-26(27-13-7-6-8-14-27)45-23-22-42(38(45)50)32-20-19-28(43)25-34(32)47(39(51)52-40(2,3)4)37-41(42,31-17-11-12-18-33(31)44(37)5)21-24-46-35(48)29-15-9-10-16-30(29)36(46)49/h6-20,25-26,37H,21-24H2,1-5H3/t26-,37-,41-,42+/m0/s1. The number of nitrogens with zero attached hydrogens (tertiary/aromatic N) is 4. The van der Waals surface area contributed by atoms with Gasteiger partial charge >= 0.3 is 6.09 Å². The smallest absolute Gasteiger partial charge is 0.416 e. The maximum Gasteiger partial charge on any atom is 0.416 e. The maximum atomic E-state index is 15.8. The number of hydrogen-bond acceptors (Lipinski definition) is 6. The normalized spacial score (nSPS) is 23.9. The molecule has 0 unspecified atom stereocenters. The van der Waals surface area contributed by atoms with E-state index in [-0.39, 0.29) is 36.7 Å². The molecule has 0 saturated carbocycles. The summed E-state index contributed by atoms with van der Waals surface area (Å²) in [6.45, 7) is 8.09. The number of likely N-dealkylation sites (tertiary alicyclic amines) is 1. The first-order valence-electron chi connectivity index (χ1n) is 17.8. The first-order chi connectivity index (χ1) is 24.8. The lowest BCUT2D eigenvalue weighted by molar-refractivity contribution is -0.137. The van der Waals surface area contributed by atoms with Crippen LogP contribution in [0.4, 0.5) is 16.2 Å². The van der Waals surface area contributed by atoms with E-state index in [0.29, 0.717) is 29.8 Å². The van der Waals surface area contributed by atoms with Gasteiger partial charge in [-0.25, -0.2) is 4.79 Å². The van der Waals surface area contributed by atoms with Crippen molar-refractivity contribution in [3.8, 4) is 0 Å². The molecule has 0 radical (unpaired) electrons. The zero-order chi connectivity index (χ0) is 36.7. The fraction of sp³-hybridized carbons (Fsp3) is 0.333. The zero-order valence-corrected chi connectivity index (χ0v) is 31.5. The molecule has 4 aromatic rings. The summed E-state index contributed by atoms with van der Waals surface area (Å²) >= 11 is 3.67. The fourth-order valence-corrected chi connectivity index (χ4v) is 9.79. The van der Waals surface area contributed by atoms with Crippen LogP contribution < -0.4 is 9.80 Å². The number of ether oxygens (including phenoxy) is 1. The summed E-state index contributed by atoms with van der Waals surface area (Å²) in [6, 6.07) is 30.4. The Morgan fingerprint density at radius 3 is 2.17 bits per heavy atom. The number of anilines is 2. The Morgan fingerprint density at radius 1 is 0.865 bits per heavy atom. The number of rotatable bonds is 5. The molecule has 0 aromatic heterocycles. The molecule has 4 amide bonds. The van der Waals surface area contributed by atoms with Gasteiger partial charge in [-0.05, 0) is 87.6 Å². The molecule has 0 bridgehead atoms. The van der Waals surface area contributed by atoms with Crippen molar-refractivity contribution < 1.29 is 23.9 Å². The number of likely N-dealkylation sites (N-methyl/N-ethyl adjacent to an activating group) is 1. The zero-order valence-electron chi connectivity index (χ0n) is 29.9. The van der Waals surface area contributed by atoms with Crippen LogP contribution in [0.15, 0.2) is 102 Å². The van der Waals surface area contributed by atoms with E-state index in [1.165, 1.54) is 4.90 Å². The molecule has 4 heterocycles. The molecule has 10 heteroatoms. The van der Waals surface area contributed by atoms with Gasteiger partial charge in [-0.15, -0.1) is 0 Å². The third kappa shape index (κ3) is 4.72. The minimum Gasteiger partial charge on any atom is -0.443 e. The van der Waals surface area contributed by atoms with Gasteiger partial charge in [0, 0.05) is 30.3 Å². The fourth-order valence-electron chi connectivity index (χ4n) is 9.44. The van der Waals surface area contributed by atoms with Crippen LogP contribution in [-0.4, -0.2) is 65.5 Å². The Kier molecular flexibility index (Phi) is 7.91. The number of imide groups is 1. The predicted octanol–water partition coefficient (Wildman–Crippen LogP) is 7.84. The van der Waals surface area contributed by atoms with E-state index in [0.717, 1.165) is 26.9 Å². The van der Waals surface area contributed by atoms with E-state index < -0.39 is 28.7 Å². The van der Waals surface area contributed by atoms with Gasteiger partial charge in [-0.2, -0.15) is 0 Å². The quantitative estimate of drug-likeness (QED) is 0.193. The molecule has 8 rings (SSSR count). The monoisotopic (exact) mass is 760 g/mol. The molecular weight excluding hydrogens is 720 g/mol. The Hall–Kier alpha value is -4.96.